The first kappa shape index (κ1) is 20.2. The Bertz CT molecular complexity index is 838. The van der Waals surface area contributed by atoms with Gasteiger partial charge in [0, 0.05) is 11.8 Å². The average Bonchev–Trinajstić information content (AvgIpc) is 3.06. The molecule has 4 aliphatic rings. The monoisotopic (exact) mass is 412 g/mol. The molecule has 0 radical (unpaired) electrons. The van der Waals surface area contributed by atoms with E-state index in [9.17, 15) is 14.0 Å². The molecule has 1 aromatic rings. The zero-order valence-corrected chi connectivity index (χ0v) is 18.1. The number of fused-ring (bicyclic) bond motifs is 5. The summed E-state index contributed by atoms with van der Waals surface area (Å²) in [6, 6.07) is 9.27. The van der Waals surface area contributed by atoms with Gasteiger partial charge in [-0.05, 0) is 86.2 Å². The predicted molar refractivity (Wildman–Crippen MR) is 113 cm³/mol. The van der Waals surface area contributed by atoms with E-state index in [1.165, 1.54) is 0 Å². The molecule has 0 N–H and O–H groups in total. The third-order valence-corrected chi connectivity index (χ3v) is 9.65. The molecule has 0 aliphatic heterocycles. The number of carbonyl (C=O) groups excluding carboxylic acids is 2. The van der Waals surface area contributed by atoms with Crippen LogP contribution in [-0.4, -0.2) is 24.0 Å². The summed E-state index contributed by atoms with van der Waals surface area (Å²) in [5, 5.41) is 0. The molecule has 4 heteroatoms. The smallest absolute Gasteiger partial charge is 0.338 e. The van der Waals surface area contributed by atoms with Gasteiger partial charge in [0.05, 0.1) is 5.56 Å². The number of hydrogen-bond donors (Lipinski definition) is 0. The third-order valence-electron chi connectivity index (χ3n) is 9.65. The van der Waals surface area contributed by atoms with Gasteiger partial charge in [-0.2, -0.15) is 0 Å². The van der Waals surface area contributed by atoms with Gasteiger partial charge in [0.1, 0.15) is 6.10 Å². The maximum absolute atomic E-state index is 14.5. The van der Waals surface area contributed by atoms with Crippen LogP contribution in [0.5, 0.6) is 0 Å². The molecule has 5 rings (SSSR count). The zero-order chi connectivity index (χ0) is 21.1. The number of esters is 1. The summed E-state index contributed by atoms with van der Waals surface area (Å²) in [4.78, 5) is 24.7. The second-order valence-corrected chi connectivity index (χ2v) is 10.9. The fourth-order valence-corrected chi connectivity index (χ4v) is 7.98. The molecule has 0 bridgehead atoms. The number of halogens is 1. The minimum absolute atomic E-state index is 0.00834. The van der Waals surface area contributed by atoms with E-state index in [1.807, 2.05) is 30.3 Å². The van der Waals surface area contributed by atoms with Crippen LogP contribution in [0, 0.1) is 34.5 Å². The number of hydrogen-bond acceptors (Lipinski definition) is 3. The molecule has 0 heterocycles. The Morgan fingerprint density at radius 1 is 1.00 bits per heavy atom. The van der Waals surface area contributed by atoms with Crippen LogP contribution in [0.25, 0.3) is 0 Å². The second-order valence-electron chi connectivity index (χ2n) is 10.9. The Morgan fingerprint density at radius 2 is 1.73 bits per heavy atom. The Labute approximate surface area is 178 Å². The van der Waals surface area contributed by atoms with Crippen molar-refractivity contribution in [1.82, 2.24) is 0 Å². The molecular formula is C26H33FO3. The van der Waals surface area contributed by atoms with Crippen LogP contribution in [0.1, 0.15) is 75.6 Å². The first-order valence-electron chi connectivity index (χ1n) is 11.8. The Kier molecular flexibility index (Phi) is 4.83. The highest BCUT2D eigenvalue weighted by Crippen LogP contribution is 2.66. The van der Waals surface area contributed by atoms with Crippen LogP contribution in [0.3, 0.4) is 0 Å². The van der Waals surface area contributed by atoms with Crippen LogP contribution in [0.2, 0.25) is 0 Å². The van der Waals surface area contributed by atoms with Gasteiger partial charge in [-0.3, -0.25) is 4.79 Å². The van der Waals surface area contributed by atoms with Crippen molar-refractivity contribution in [3.05, 3.63) is 35.9 Å². The van der Waals surface area contributed by atoms with E-state index in [0.29, 0.717) is 42.1 Å². The van der Waals surface area contributed by atoms with Crippen molar-refractivity contribution in [2.75, 3.05) is 0 Å². The van der Waals surface area contributed by atoms with Crippen LogP contribution in [0.4, 0.5) is 4.39 Å². The van der Waals surface area contributed by atoms with Crippen molar-refractivity contribution >= 4 is 11.8 Å². The molecule has 4 fully saturated rings. The number of benzene rings is 1. The lowest BCUT2D eigenvalue weighted by molar-refractivity contribution is -0.151. The lowest BCUT2D eigenvalue weighted by Gasteiger charge is -2.60. The minimum Gasteiger partial charge on any atom is -0.458 e. The van der Waals surface area contributed by atoms with Gasteiger partial charge < -0.3 is 4.74 Å². The number of ether oxygens (including phenoxy) is 1. The molecule has 3 nitrogen and oxygen atoms in total. The SMILES string of the molecule is C[C@]12C[C@H](F)C(=O)C[C@@H]1CC[C@@H]1[C@@H]2CC[C@]2(C)[C@@H](OC(=O)c3ccccc3)CC[C@@H]12. The van der Waals surface area contributed by atoms with E-state index in [1.54, 1.807) is 0 Å². The predicted octanol–water partition coefficient (Wildman–Crippen LogP) is 5.77. The summed E-state index contributed by atoms with van der Waals surface area (Å²) in [6.07, 6.45) is 5.80. The molecule has 0 saturated heterocycles. The zero-order valence-electron chi connectivity index (χ0n) is 18.1. The van der Waals surface area contributed by atoms with Crippen molar-refractivity contribution in [3.63, 3.8) is 0 Å². The molecule has 162 valence electrons. The van der Waals surface area contributed by atoms with Gasteiger partial charge in [0.2, 0.25) is 0 Å². The average molecular weight is 413 g/mol. The van der Waals surface area contributed by atoms with Gasteiger partial charge in [0.15, 0.2) is 12.0 Å². The topological polar surface area (TPSA) is 43.4 Å². The van der Waals surface area contributed by atoms with Crippen molar-refractivity contribution in [2.24, 2.45) is 34.5 Å². The Morgan fingerprint density at radius 3 is 2.50 bits per heavy atom. The highest BCUT2D eigenvalue weighted by atomic mass is 19.1. The van der Waals surface area contributed by atoms with Crippen molar-refractivity contribution in [1.29, 1.82) is 0 Å². The minimum atomic E-state index is -1.28. The molecular weight excluding hydrogens is 379 g/mol. The van der Waals surface area contributed by atoms with E-state index in [-0.39, 0.29) is 28.7 Å². The maximum Gasteiger partial charge on any atom is 0.338 e. The molecule has 0 amide bonds. The Hall–Kier alpha value is -1.71. The first-order valence-corrected chi connectivity index (χ1v) is 11.8. The van der Waals surface area contributed by atoms with E-state index in [4.69, 9.17) is 4.74 Å². The van der Waals surface area contributed by atoms with Crippen molar-refractivity contribution < 1.29 is 18.7 Å². The van der Waals surface area contributed by atoms with Crippen molar-refractivity contribution in [3.8, 4) is 0 Å². The number of ketones is 1. The lowest BCUT2D eigenvalue weighted by Crippen LogP contribution is -2.56. The van der Waals surface area contributed by atoms with E-state index in [0.717, 1.165) is 38.5 Å². The largest absolute Gasteiger partial charge is 0.458 e. The number of carbonyl (C=O) groups is 2. The second kappa shape index (κ2) is 7.17. The van der Waals surface area contributed by atoms with Crippen LogP contribution in [-0.2, 0) is 9.53 Å². The van der Waals surface area contributed by atoms with Gasteiger partial charge in [-0.15, -0.1) is 0 Å². The summed E-state index contributed by atoms with van der Waals surface area (Å²) in [7, 11) is 0. The molecule has 1 aromatic carbocycles. The molecule has 30 heavy (non-hydrogen) atoms. The van der Waals surface area contributed by atoms with Gasteiger partial charge in [0.25, 0.3) is 0 Å². The lowest BCUT2D eigenvalue weighted by atomic mass is 9.45. The standard InChI is InChI=1S/C26H33FO3/c1-25-13-12-20-18(9-8-17-14-22(28)21(27)15-26(17,20)2)19(25)10-11-23(25)30-24(29)16-6-4-3-5-7-16/h3-7,17-21,23H,8-15H2,1-2H3/t17-,18-,19-,20-,21-,23-,25-,26-/m0/s1. The molecule has 4 saturated carbocycles. The fourth-order valence-electron chi connectivity index (χ4n) is 7.98. The highest BCUT2D eigenvalue weighted by molar-refractivity contribution is 5.89. The molecule has 0 spiro atoms. The number of rotatable bonds is 2. The van der Waals surface area contributed by atoms with Crippen LogP contribution < -0.4 is 0 Å². The first-order chi connectivity index (χ1) is 14.3. The van der Waals surface area contributed by atoms with Crippen LogP contribution in [0.15, 0.2) is 30.3 Å². The van der Waals surface area contributed by atoms with Crippen LogP contribution >= 0.6 is 0 Å². The molecule has 4 aliphatic carbocycles. The fraction of sp³-hybridized carbons (Fsp3) is 0.692. The summed E-state index contributed by atoms with van der Waals surface area (Å²) >= 11 is 0. The number of alkyl halides is 1. The van der Waals surface area contributed by atoms with E-state index >= 15 is 0 Å². The summed E-state index contributed by atoms with van der Waals surface area (Å²) in [5.74, 6) is 1.53. The maximum atomic E-state index is 14.5. The van der Waals surface area contributed by atoms with Gasteiger partial charge >= 0.3 is 5.97 Å². The number of Topliss-reactive ketones (excluding diaryl/α,β-unsaturated/α-hetero) is 1. The third kappa shape index (κ3) is 2.97. The Balaban J connectivity index is 1.35. The molecule has 0 aromatic heterocycles. The normalized spacial score (nSPS) is 45.2. The summed E-state index contributed by atoms with van der Waals surface area (Å²) < 4.78 is 20.5. The van der Waals surface area contributed by atoms with E-state index in [2.05, 4.69) is 13.8 Å². The van der Waals surface area contributed by atoms with Gasteiger partial charge in [-0.1, -0.05) is 32.0 Å². The molecule has 8 atom stereocenters. The quantitative estimate of drug-likeness (QED) is 0.579. The highest BCUT2D eigenvalue weighted by Gasteiger charge is 2.62. The van der Waals surface area contributed by atoms with Crippen molar-refractivity contribution in [2.45, 2.75) is 77.5 Å². The molecule has 0 unspecified atom stereocenters. The summed E-state index contributed by atoms with van der Waals surface area (Å²) in [6.45, 7) is 4.58. The summed E-state index contributed by atoms with van der Waals surface area (Å²) in [5.41, 5.74) is 0.567. The van der Waals surface area contributed by atoms with E-state index < -0.39 is 6.17 Å². The van der Waals surface area contributed by atoms with Gasteiger partial charge in [-0.25, -0.2) is 9.18 Å².